The molecule has 2 rings (SSSR count). The number of benzene rings is 1. The van der Waals surface area contributed by atoms with Crippen LogP contribution in [0, 0.1) is 0 Å². The minimum absolute atomic E-state index is 0.0793. The third kappa shape index (κ3) is 3.48. The zero-order chi connectivity index (χ0) is 13.0. The van der Waals surface area contributed by atoms with Crippen LogP contribution in [0.2, 0.25) is 5.02 Å². The summed E-state index contributed by atoms with van der Waals surface area (Å²) in [4.78, 5) is 11.1. The second-order valence-electron chi connectivity index (χ2n) is 3.71. The van der Waals surface area contributed by atoms with Gasteiger partial charge >= 0.3 is 0 Å². The van der Waals surface area contributed by atoms with Gasteiger partial charge in [0.15, 0.2) is 5.82 Å². The first kappa shape index (κ1) is 12.9. The average molecular weight is 284 g/mol. The molecule has 0 aliphatic rings. The number of halogens is 2. The predicted octanol–water partition coefficient (Wildman–Crippen LogP) is 2.76. The van der Waals surface area contributed by atoms with Gasteiger partial charge in [-0.05, 0) is 17.7 Å². The molecule has 0 saturated carbocycles. The maximum absolute atomic E-state index is 11.1. The van der Waals surface area contributed by atoms with Crippen LogP contribution >= 0.6 is 23.2 Å². The molecule has 0 aliphatic heterocycles. The van der Waals surface area contributed by atoms with E-state index in [-0.39, 0.29) is 11.8 Å². The van der Waals surface area contributed by atoms with Crippen molar-refractivity contribution in [2.24, 2.45) is 0 Å². The zero-order valence-electron chi connectivity index (χ0n) is 9.44. The molecule has 1 aromatic heterocycles. The Hall–Kier alpha value is -1.52. The van der Waals surface area contributed by atoms with Crippen LogP contribution in [0.4, 0.5) is 5.82 Å². The molecule has 0 spiro atoms. The molecule has 1 aromatic carbocycles. The molecule has 0 fully saturated rings. The molecule has 94 valence electrons. The van der Waals surface area contributed by atoms with E-state index >= 15 is 0 Å². The monoisotopic (exact) mass is 283 g/mol. The summed E-state index contributed by atoms with van der Waals surface area (Å²) in [5, 5.41) is 7.49. The number of amides is 1. The standard InChI is InChI=1S/C12H11Cl2N3O/c13-7-12(18)15-11-5-6-17(16-11)8-9-1-3-10(14)4-2-9/h1-6H,7-8H2,(H,15,16,18). The Bertz CT molecular complexity index is 537. The third-order valence-corrected chi connectivity index (χ3v) is 2.78. The Kier molecular flexibility index (Phi) is 4.23. The highest BCUT2D eigenvalue weighted by atomic mass is 35.5. The summed E-state index contributed by atoms with van der Waals surface area (Å²) in [6.45, 7) is 0.619. The fourth-order valence-corrected chi connectivity index (χ4v) is 1.66. The molecule has 0 unspecified atom stereocenters. The average Bonchev–Trinajstić information content (AvgIpc) is 2.79. The molecule has 0 aliphatic carbocycles. The van der Waals surface area contributed by atoms with E-state index in [0.29, 0.717) is 17.4 Å². The molecule has 0 atom stereocenters. The Morgan fingerprint density at radius 3 is 2.67 bits per heavy atom. The van der Waals surface area contributed by atoms with Gasteiger partial charge in [-0.25, -0.2) is 0 Å². The van der Waals surface area contributed by atoms with Gasteiger partial charge in [0.1, 0.15) is 5.88 Å². The van der Waals surface area contributed by atoms with Crippen LogP contribution in [0.25, 0.3) is 0 Å². The maximum Gasteiger partial charge on any atom is 0.240 e. The molecule has 2 aromatic rings. The highest BCUT2D eigenvalue weighted by Gasteiger charge is 2.03. The normalized spacial score (nSPS) is 10.3. The van der Waals surface area contributed by atoms with E-state index < -0.39 is 0 Å². The summed E-state index contributed by atoms with van der Waals surface area (Å²) in [5.41, 5.74) is 1.08. The van der Waals surface area contributed by atoms with Crippen LogP contribution in [0.5, 0.6) is 0 Å². The molecule has 1 amide bonds. The van der Waals surface area contributed by atoms with E-state index in [1.165, 1.54) is 0 Å². The number of carbonyl (C=O) groups excluding carboxylic acids is 1. The number of nitrogens with zero attached hydrogens (tertiary/aromatic N) is 2. The quantitative estimate of drug-likeness (QED) is 0.877. The molecule has 18 heavy (non-hydrogen) atoms. The van der Waals surface area contributed by atoms with Crippen LogP contribution in [-0.4, -0.2) is 21.6 Å². The number of hydrogen-bond donors (Lipinski definition) is 1. The Labute approximate surface area is 115 Å². The Morgan fingerprint density at radius 2 is 2.00 bits per heavy atom. The number of rotatable bonds is 4. The molecule has 0 bridgehead atoms. The summed E-state index contributed by atoms with van der Waals surface area (Å²) >= 11 is 11.2. The molecule has 1 N–H and O–H groups in total. The number of alkyl halides is 1. The van der Waals surface area contributed by atoms with Gasteiger partial charge in [-0.1, -0.05) is 23.7 Å². The fourth-order valence-electron chi connectivity index (χ4n) is 1.47. The molecule has 1 heterocycles. The predicted molar refractivity (Wildman–Crippen MR) is 72.1 cm³/mol. The lowest BCUT2D eigenvalue weighted by molar-refractivity contribution is -0.113. The van der Waals surface area contributed by atoms with E-state index in [1.54, 1.807) is 16.9 Å². The number of nitrogens with one attached hydrogen (secondary N) is 1. The second-order valence-corrected chi connectivity index (χ2v) is 4.41. The van der Waals surface area contributed by atoms with Crippen LogP contribution in [0.1, 0.15) is 5.56 Å². The lowest BCUT2D eigenvalue weighted by Crippen LogP contribution is -2.13. The SMILES string of the molecule is O=C(CCl)Nc1ccn(Cc2ccc(Cl)cc2)n1. The van der Waals surface area contributed by atoms with Gasteiger partial charge in [0, 0.05) is 17.3 Å². The number of aromatic nitrogens is 2. The Balaban J connectivity index is 2.02. The number of carbonyl (C=O) groups is 1. The molecular weight excluding hydrogens is 273 g/mol. The first-order chi connectivity index (χ1) is 8.67. The lowest BCUT2D eigenvalue weighted by atomic mass is 10.2. The molecule has 6 heteroatoms. The minimum atomic E-state index is -0.270. The van der Waals surface area contributed by atoms with Crippen molar-refractivity contribution in [3.05, 3.63) is 47.1 Å². The Morgan fingerprint density at radius 1 is 1.28 bits per heavy atom. The van der Waals surface area contributed by atoms with Gasteiger partial charge in [0.05, 0.1) is 6.54 Å². The van der Waals surface area contributed by atoms with Crippen LogP contribution < -0.4 is 5.32 Å². The molecular formula is C12H11Cl2N3O. The number of hydrogen-bond acceptors (Lipinski definition) is 2. The van der Waals surface area contributed by atoms with E-state index in [4.69, 9.17) is 23.2 Å². The van der Waals surface area contributed by atoms with Gasteiger partial charge < -0.3 is 5.32 Å². The van der Waals surface area contributed by atoms with Gasteiger partial charge in [0.2, 0.25) is 5.91 Å². The van der Waals surface area contributed by atoms with Gasteiger partial charge in [-0.2, -0.15) is 5.10 Å². The minimum Gasteiger partial charge on any atom is -0.308 e. The van der Waals surface area contributed by atoms with Crippen molar-refractivity contribution in [2.45, 2.75) is 6.54 Å². The summed E-state index contributed by atoms with van der Waals surface area (Å²) in [5.74, 6) is 0.146. The van der Waals surface area contributed by atoms with Crippen LogP contribution in [0.15, 0.2) is 36.5 Å². The highest BCUT2D eigenvalue weighted by molar-refractivity contribution is 6.30. The first-order valence-corrected chi connectivity index (χ1v) is 6.22. The van der Waals surface area contributed by atoms with Crippen molar-refractivity contribution in [1.82, 2.24) is 9.78 Å². The third-order valence-electron chi connectivity index (χ3n) is 2.29. The second kappa shape index (κ2) is 5.89. The van der Waals surface area contributed by atoms with Crippen LogP contribution in [-0.2, 0) is 11.3 Å². The van der Waals surface area contributed by atoms with Crippen molar-refractivity contribution >= 4 is 34.9 Å². The van der Waals surface area contributed by atoms with Crippen molar-refractivity contribution in [3.8, 4) is 0 Å². The summed E-state index contributed by atoms with van der Waals surface area (Å²) in [6, 6.07) is 9.25. The van der Waals surface area contributed by atoms with Gasteiger partial charge in [-0.15, -0.1) is 11.6 Å². The van der Waals surface area contributed by atoms with Gasteiger partial charge in [-0.3, -0.25) is 9.48 Å². The lowest BCUT2D eigenvalue weighted by Gasteiger charge is -2.02. The molecule has 0 saturated heterocycles. The topological polar surface area (TPSA) is 46.9 Å². The van der Waals surface area contributed by atoms with Crippen molar-refractivity contribution < 1.29 is 4.79 Å². The number of anilines is 1. The fraction of sp³-hybridized carbons (Fsp3) is 0.167. The van der Waals surface area contributed by atoms with Crippen molar-refractivity contribution in [3.63, 3.8) is 0 Å². The van der Waals surface area contributed by atoms with E-state index in [1.807, 2.05) is 24.3 Å². The highest BCUT2D eigenvalue weighted by Crippen LogP contribution is 2.11. The molecule has 4 nitrogen and oxygen atoms in total. The summed E-state index contributed by atoms with van der Waals surface area (Å²) in [7, 11) is 0. The summed E-state index contributed by atoms with van der Waals surface area (Å²) in [6.07, 6.45) is 1.79. The van der Waals surface area contributed by atoms with Crippen molar-refractivity contribution in [2.75, 3.05) is 11.2 Å². The van der Waals surface area contributed by atoms with E-state index in [0.717, 1.165) is 5.56 Å². The zero-order valence-corrected chi connectivity index (χ0v) is 10.9. The van der Waals surface area contributed by atoms with Crippen LogP contribution in [0.3, 0.4) is 0 Å². The van der Waals surface area contributed by atoms with Crippen molar-refractivity contribution in [1.29, 1.82) is 0 Å². The van der Waals surface area contributed by atoms with E-state index in [9.17, 15) is 4.79 Å². The first-order valence-electron chi connectivity index (χ1n) is 5.31. The summed E-state index contributed by atoms with van der Waals surface area (Å²) < 4.78 is 1.73. The maximum atomic E-state index is 11.1. The largest absolute Gasteiger partial charge is 0.308 e. The van der Waals surface area contributed by atoms with E-state index in [2.05, 4.69) is 10.4 Å². The molecule has 0 radical (unpaired) electrons. The van der Waals surface area contributed by atoms with Gasteiger partial charge in [0.25, 0.3) is 0 Å². The smallest absolute Gasteiger partial charge is 0.240 e.